The maximum absolute atomic E-state index is 5.22. The van der Waals surface area contributed by atoms with Crippen molar-refractivity contribution in [3.8, 4) is 73.2 Å². The van der Waals surface area contributed by atoms with Gasteiger partial charge in [0.15, 0.2) is 17.5 Å². The van der Waals surface area contributed by atoms with E-state index in [9.17, 15) is 0 Å². The van der Waals surface area contributed by atoms with Crippen LogP contribution in [0.5, 0.6) is 0 Å². The van der Waals surface area contributed by atoms with Crippen molar-refractivity contribution in [3.63, 3.8) is 0 Å². The van der Waals surface area contributed by atoms with Gasteiger partial charge in [-0.25, -0.2) is 15.0 Å². The zero-order valence-corrected chi connectivity index (χ0v) is 29.9. The Kier molecular flexibility index (Phi) is 8.12. The molecule has 0 radical (unpaired) electrons. The molecule has 0 aliphatic rings. The first-order chi connectivity index (χ1) is 27.3. The lowest BCUT2D eigenvalue weighted by atomic mass is 9.98. The summed E-state index contributed by atoms with van der Waals surface area (Å²) in [5, 5.41) is 2.25. The van der Waals surface area contributed by atoms with Crippen LogP contribution in [-0.4, -0.2) is 19.5 Å². The van der Waals surface area contributed by atoms with Crippen molar-refractivity contribution in [1.82, 2.24) is 19.5 Å². The molecule has 0 saturated heterocycles. The van der Waals surface area contributed by atoms with Gasteiger partial charge < -0.3 is 4.57 Å². The number of nitrogens with zero attached hydrogens (tertiary/aromatic N) is 4. The summed E-state index contributed by atoms with van der Waals surface area (Å²) in [6.07, 6.45) is 0. The van der Waals surface area contributed by atoms with E-state index in [1.54, 1.807) is 0 Å². The molecule has 4 heteroatoms. The van der Waals surface area contributed by atoms with Crippen LogP contribution in [0.15, 0.2) is 206 Å². The van der Waals surface area contributed by atoms with E-state index in [0.29, 0.717) is 17.5 Å². The highest BCUT2D eigenvalue weighted by Gasteiger charge is 2.20. The highest BCUT2D eigenvalue weighted by Crippen LogP contribution is 2.39. The average molecular weight is 703 g/mol. The number of aromatic nitrogens is 4. The van der Waals surface area contributed by atoms with Gasteiger partial charge in [0.2, 0.25) is 0 Å². The van der Waals surface area contributed by atoms with Crippen molar-refractivity contribution in [2.24, 2.45) is 0 Å². The Hall–Kier alpha value is -7.43. The lowest BCUT2D eigenvalue weighted by Gasteiger charge is -2.12. The number of hydrogen-bond acceptors (Lipinski definition) is 3. The van der Waals surface area contributed by atoms with Crippen LogP contribution >= 0.6 is 0 Å². The molecule has 0 amide bonds. The van der Waals surface area contributed by atoms with Crippen LogP contribution < -0.4 is 0 Å². The van der Waals surface area contributed by atoms with E-state index in [1.165, 1.54) is 22.3 Å². The first kappa shape index (κ1) is 32.2. The third-order valence-electron chi connectivity index (χ3n) is 10.3. The Morgan fingerprint density at radius 1 is 0.291 bits per heavy atom. The van der Waals surface area contributed by atoms with Crippen molar-refractivity contribution in [1.29, 1.82) is 0 Å². The summed E-state index contributed by atoms with van der Waals surface area (Å²) in [5.41, 5.74) is 13.2. The summed E-state index contributed by atoms with van der Waals surface area (Å²) in [7, 11) is 0. The van der Waals surface area contributed by atoms with Gasteiger partial charge in [-0.1, -0.05) is 176 Å². The van der Waals surface area contributed by atoms with Gasteiger partial charge in [-0.2, -0.15) is 0 Å². The normalized spacial score (nSPS) is 11.3. The van der Waals surface area contributed by atoms with E-state index < -0.39 is 0 Å². The lowest BCUT2D eigenvalue weighted by Crippen LogP contribution is -2.00. The zero-order valence-electron chi connectivity index (χ0n) is 29.9. The molecule has 55 heavy (non-hydrogen) atoms. The van der Waals surface area contributed by atoms with Gasteiger partial charge in [0.05, 0.1) is 11.0 Å². The average Bonchev–Trinajstić information content (AvgIpc) is 3.62. The zero-order chi connectivity index (χ0) is 36.6. The van der Waals surface area contributed by atoms with Gasteiger partial charge in [0, 0.05) is 33.2 Å². The summed E-state index contributed by atoms with van der Waals surface area (Å²) in [5.74, 6) is 1.90. The molecule has 4 nitrogen and oxygen atoms in total. The smallest absolute Gasteiger partial charge is 0.164 e. The molecule has 10 rings (SSSR count). The highest BCUT2D eigenvalue weighted by atomic mass is 15.0. The molecule has 0 bridgehead atoms. The molecule has 0 N–H and O–H groups in total. The predicted molar refractivity (Wildman–Crippen MR) is 227 cm³/mol. The van der Waals surface area contributed by atoms with Crippen LogP contribution in [0, 0.1) is 0 Å². The minimum absolute atomic E-state index is 0.629. The second-order valence-electron chi connectivity index (χ2n) is 13.7. The number of para-hydroxylation sites is 1. The maximum atomic E-state index is 5.22. The van der Waals surface area contributed by atoms with Crippen LogP contribution in [-0.2, 0) is 0 Å². The molecule has 0 spiro atoms. The minimum atomic E-state index is 0.629. The largest absolute Gasteiger partial charge is 0.309 e. The molecule has 2 aromatic heterocycles. The molecule has 0 aliphatic carbocycles. The Balaban J connectivity index is 1.11. The molecular formula is C51H34N4. The SMILES string of the molecule is c1ccc(-c2cccc(-c3ccc(-c4nc(-c5ccccc5)nc(-c5cccc6c5c5ccccc5n6-c5cccc(-c6ccccc6)c5)n4)cc3)c2)cc1. The van der Waals surface area contributed by atoms with Crippen LogP contribution in [0.25, 0.3) is 95.0 Å². The molecule has 258 valence electrons. The molecule has 0 saturated carbocycles. The second kappa shape index (κ2) is 13.8. The lowest BCUT2D eigenvalue weighted by molar-refractivity contribution is 1.08. The first-order valence-electron chi connectivity index (χ1n) is 18.5. The van der Waals surface area contributed by atoms with E-state index in [-0.39, 0.29) is 0 Å². The Bertz CT molecular complexity index is 2950. The number of fused-ring (bicyclic) bond motifs is 3. The van der Waals surface area contributed by atoms with Crippen LogP contribution in [0.4, 0.5) is 0 Å². The van der Waals surface area contributed by atoms with Crippen molar-refractivity contribution in [2.75, 3.05) is 0 Å². The standard InChI is InChI=1S/C51H34N4/c1-4-15-35(16-5-1)40-21-12-22-41(33-40)37-29-31-39(32-30-37)50-52-49(38-19-8-3-9-20-38)53-51(54-50)45-26-14-28-47-48(45)44-25-10-11-27-46(44)55(47)43-24-13-23-42(34-43)36-17-6-2-7-18-36/h1-34H. The van der Waals surface area contributed by atoms with Gasteiger partial charge in [-0.15, -0.1) is 0 Å². The molecule has 0 atom stereocenters. The molecule has 0 fully saturated rings. The first-order valence-corrected chi connectivity index (χ1v) is 18.5. The van der Waals surface area contributed by atoms with Crippen molar-refractivity contribution in [2.45, 2.75) is 0 Å². The summed E-state index contributed by atoms with van der Waals surface area (Å²) in [4.78, 5) is 15.4. The number of hydrogen-bond donors (Lipinski definition) is 0. The molecule has 10 aromatic rings. The van der Waals surface area contributed by atoms with E-state index in [4.69, 9.17) is 15.0 Å². The highest BCUT2D eigenvalue weighted by molar-refractivity contribution is 6.15. The van der Waals surface area contributed by atoms with Gasteiger partial charge in [0.1, 0.15) is 0 Å². The van der Waals surface area contributed by atoms with Crippen LogP contribution in [0.3, 0.4) is 0 Å². The number of rotatable bonds is 7. The fourth-order valence-electron chi connectivity index (χ4n) is 7.60. The number of benzene rings is 8. The van der Waals surface area contributed by atoms with E-state index in [0.717, 1.165) is 55.3 Å². The fraction of sp³-hybridized carbons (Fsp3) is 0. The molecular weight excluding hydrogens is 669 g/mol. The van der Waals surface area contributed by atoms with Crippen molar-refractivity contribution >= 4 is 21.8 Å². The quantitative estimate of drug-likeness (QED) is 0.166. The van der Waals surface area contributed by atoms with E-state index in [2.05, 4.69) is 187 Å². The van der Waals surface area contributed by atoms with Crippen LogP contribution in [0.2, 0.25) is 0 Å². The summed E-state index contributed by atoms with van der Waals surface area (Å²) < 4.78 is 2.35. The van der Waals surface area contributed by atoms with E-state index in [1.807, 2.05) is 24.3 Å². The van der Waals surface area contributed by atoms with Gasteiger partial charge in [-0.3, -0.25) is 0 Å². The monoisotopic (exact) mass is 702 g/mol. The molecule has 8 aromatic carbocycles. The minimum Gasteiger partial charge on any atom is -0.309 e. The second-order valence-corrected chi connectivity index (χ2v) is 13.7. The third-order valence-corrected chi connectivity index (χ3v) is 10.3. The Morgan fingerprint density at radius 3 is 1.38 bits per heavy atom. The molecule has 0 unspecified atom stereocenters. The summed E-state index contributed by atoms with van der Waals surface area (Å²) >= 11 is 0. The van der Waals surface area contributed by atoms with Crippen LogP contribution in [0.1, 0.15) is 0 Å². The predicted octanol–water partition coefficient (Wildman–Crippen LogP) is 13.0. The molecule has 0 aliphatic heterocycles. The van der Waals surface area contributed by atoms with E-state index >= 15 is 0 Å². The Morgan fingerprint density at radius 2 is 0.727 bits per heavy atom. The summed E-state index contributed by atoms with van der Waals surface area (Å²) in [6.45, 7) is 0. The fourth-order valence-corrected chi connectivity index (χ4v) is 7.60. The molecule has 2 heterocycles. The van der Waals surface area contributed by atoms with Gasteiger partial charge >= 0.3 is 0 Å². The van der Waals surface area contributed by atoms with Crippen molar-refractivity contribution in [3.05, 3.63) is 206 Å². The van der Waals surface area contributed by atoms with Gasteiger partial charge in [-0.05, 0) is 63.7 Å². The maximum Gasteiger partial charge on any atom is 0.164 e. The Labute approximate surface area is 319 Å². The van der Waals surface area contributed by atoms with Crippen molar-refractivity contribution < 1.29 is 0 Å². The van der Waals surface area contributed by atoms with Gasteiger partial charge in [0.25, 0.3) is 0 Å². The topological polar surface area (TPSA) is 43.6 Å². The summed E-state index contributed by atoms with van der Waals surface area (Å²) in [6, 6.07) is 72.2. The third kappa shape index (κ3) is 6.06.